The fourth-order valence-electron chi connectivity index (χ4n) is 5.87. The number of hydrogen-bond acceptors (Lipinski definition) is 4. The number of aliphatic carboxylic acids is 2. The molecule has 0 aromatic heterocycles. The van der Waals surface area contributed by atoms with Gasteiger partial charge in [-0.25, -0.2) is 9.59 Å². The van der Waals surface area contributed by atoms with Crippen LogP contribution in [0, 0.1) is 22.7 Å². The predicted octanol–water partition coefficient (Wildman–Crippen LogP) is 2.85. The molecule has 6 nitrogen and oxygen atoms in total. The van der Waals surface area contributed by atoms with Crippen LogP contribution in [0.5, 0.6) is 0 Å². The molecule has 6 heteroatoms. The monoisotopic (exact) mass is 368 g/mol. The van der Waals surface area contributed by atoms with Crippen LogP contribution in [-0.2, 0) is 9.59 Å². The molecule has 4 atom stereocenters. The molecule has 0 heterocycles. The molecule has 3 fully saturated rings. The highest BCUT2D eigenvalue weighted by Gasteiger charge is 2.66. The zero-order valence-corrected chi connectivity index (χ0v) is 15.4. The Kier molecular flexibility index (Phi) is 8.50. The molecule has 3 saturated carbocycles. The van der Waals surface area contributed by atoms with Crippen LogP contribution in [0.2, 0.25) is 0 Å². The van der Waals surface area contributed by atoms with E-state index in [1.807, 2.05) is 0 Å². The van der Waals surface area contributed by atoms with E-state index in [1.165, 1.54) is 38.5 Å². The van der Waals surface area contributed by atoms with Gasteiger partial charge in [0.05, 0.1) is 0 Å². The van der Waals surface area contributed by atoms with Gasteiger partial charge in [-0.1, -0.05) is 19.6 Å². The first-order valence-electron chi connectivity index (χ1n) is 9.25. The maximum Gasteiger partial charge on any atom is 0.327 e. The van der Waals surface area contributed by atoms with Crippen molar-refractivity contribution in [3.05, 3.63) is 25.3 Å². The summed E-state index contributed by atoms with van der Waals surface area (Å²) >= 11 is 0. The molecular formula is C20H32O6. The molecule has 0 amide bonds. The lowest BCUT2D eigenvalue weighted by Gasteiger charge is -2.48. The average molecular weight is 368 g/mol. The van der Waals surface area contributed by atoms with Crippen LogP contribution >= 0.6 is 0 Å². The molecule has 0 aromatic rings. The third-order valence-electron chi connectivity index (χ3n) is 6.62. The summed E-state index contributed by atoms with van der Waals surface area (Å²) in [5.41, 5.74) is 0.809. The Morgan fingerprint density at radius 2 is 1.50 bits per heavy atom. The normalized spacial score (nSPS) is 33.2. The average Bonchev–Trinajstić information content (AvgIpc) is 3.27. The highest BCUT2D eigenvalue weighted by Crippen LogP contribution is 2.74. The Morgan fingerprint density at radius 3 is 1.96 bits per heavy atom. The van der Waals surface area contributed by atoms with Gasteiger partial charge in [0.15, 0.2) is 0 Å². The number of carbonyl (C=O) groups is 2. The van der Waals surface area contributed by atoms with Crippen molar-refractivity contribution in [2.75, 3.05) is 13.2 Å². The van der Waals surface area contributed by atoms with Crippen LogP contribution in [-0.4, -0.2) is 45.6 Å². The molecule has 0 aliphatic heterocycles. The smallest absolute Gasteiger partial charge is 0.327 e. The summed E-state index contributed by atoms with van der Waals surface area (Å²) < 4.78 is 0. The third kappa shape index (κ3) is 4.54. The standard InChI is InChI=1S/C14H24O2.2C3H4O2/c15-8-6-13-5-3-11(10-13)12-2-1-4-14(12,13)7-9-16;2*1-2-3(4)5/h11-12,15-16H,1-10H2;2*2H,1H2,(H,4,5). The van der Waals surface area contributed by atoms with Gasteiger partial charge in [-0.15, -0.1) is 0 Å². The SMILES string of the molecule is C=CC(=O)O.C=CC(=O)O.OCCC12CCC(C1)C1CCCC12CCO. The van der Waals surface area contributed by atoms with E-state index < -0.39 is 11.9 Å². The van der Waals surface area contributed by atoms with Crippen molar-refractivity contribution in [2.24, 2.45) is 22.7 Å². The molecule has 4 unspecified atom stereocenters. The Labute approximate surface area is 155 Å². The van der Waals surface area contributed by atoms with Gasteiger partial charge >= 0.3 is 11.9 Å². The second-order valence-electron chi connectivity index (χ2n) is 7.47. The second-order valence-corrected chi connectivity index (χ2v) is 7.47. The van der Waals surface area contributed by atoms with E-state index in [4.69, 9.17) is 10.2 Å². The summed E-state index contributed by atoms with van der Waals surface area (Å²) in [5, 5.41) is 34.0. The number of carboxylic acid groups (broad SMARTS) is 2. The van der Waals surface area contributed by atoms with E-state index in [0.29, 0.717) is 24.0 Å². The first-order chi connectivity index (χ1) is 12.3. The molecule has 26 heavy (non-hydrogen) atoms. The zero-order valence-electron chi connectivity index (χ0n) is 15.4. The van der Waals surface area contributed by atoms with Gasteiger partial charge in [-0.3, -0.25) is 0 Å². The lowest BCUT2D eigenvalue weighted by molar-refractivity contribution is -0.132. The molecule has 3 aliphatic carbocycles. The van der Waals surface area contributed by atoms with Gasteiger partial charge in [0.1, 0.15) is 0 Å². The van der Waals surface area contributed by atoms with Crippen LogP contribution in [0.4, 0.5) is 0 Å². The minimum Gasteiger partial charge on any atom is -0.478 e. The highest BCUT2D eigenvalue weighted by atomic mass is 16.4. The van der Waals surface area contributed by atoms with Crippen molar-refractivity contribution in [2.45, 2.75) is 51.4 Å². The second kappa shape index (κ2) is 9.88. The van der Waals surface area contributed by atoms with Crippen LogP contribution in [0.25, 0.3) is 0 Å². The first-order valence-corrected chi connectivity index (χ1v) is 9.25. The number of rotatable bonds is 6. The van der Waals surface area contributed by atoms with E-state index in [9.17, 15) is 19.8 Å². The Balaban J connectivity index is 0.000000284. The van der Waals surface area contributed by atoms with Crippen LogP contribution in [0.3, 0.4) is 0 Å². The van der Waals surface area contributed by atoms with Crippen molar-refractivity contribution < 1.29 is 30.0 Å². The molecule has 0 saturated heterocycles. The summed E-state index contributed by atoms with van der Waals surface area (Å²) in [4.78, 5) is 18.5. The number of carboxylic acids is 2. The zero-order chi connectivity index (χ0) is 19.8. The molecular weight excluding hydrogens is 336 g/mol. The fourth-order valence-corrected chi connectivity index (χ4v) is 5.87. The quantitative estimate of drug-likeness (QED) is 0.536. The maximum atomic E-state index is 9.42. The maximum absolute atomic E-state index is 9.42. The molecule has 3 rings (SSSR count). The van der Waals surface area contributed by atoms with Gasteiger partial charge in [0, 0.05) is 25.4 Å². The predicted molar refractivity (Wildman–Crippen MR) is 98.6 cm³/mol. The number of aliphatic hydroxyl groups is 2. The van der Waals surface area contributed by atoms with Crippen molar-refractivity contribution in [3.63, 3.8) is 0 Å². The van der Waals surface area contributed by atoms with Crippen molar-refractivity contribution in [1.82, 2.24) is 0 Å². The van der Waals surface area contributed by atoms with Gasteiger partial charge in [0.2, 0.25) is 0 Å². The van der Waals surface area contributed by atoms with Gasteiger partial charge in [-0.05, 0) is 67.6 Å². The summed E-state index contributed by atoms with van der Waals surface area (Å²) in [6.45, 7) is 6.60. The van der Waals surface area contributed by atoms with Crippen molar-refractivity contribution in [1.29, 1.82) is 0 Å². The topological polar surface area (TPSA) is 115 Å². The van der Waals surface area contributed by atoms with Gasteiger partial charge in [0.25, 0.3) is 0 Å². The molecule has 0 spiro atoms. The molecule has 148 valence electrons. The summed E-state index contributed by atoms with van der Waals surface area (Å²) in [6.07, 6.45) is 11.7. The van der Waals surface area contributed by atoms with E-state index in [0.717, 1.165) is 36.8 Å². The van der Waals surface area contributed by atoms with Crippen molar-refractivity contribution in [3.8, 4) is 0 Å². The first kappa shape index (κ1) is 22.4. The number of aliphatic hydroxyl groups excluding tert-OH is 2. The highest BCUT2D eigenvalue weighted by molar-refractivity contribution is 5.79. The number of hydrogen-bond donors (Lipinski definition) is 4. The van der Waals surface area contributed by atoms with E-state index >= 15 is 0 Å². The Morgan fingerprint density at radius 1 is 0.962 bits per heavy atom. The third-order valence-corrected chi connectivity index (χ3v) is 6.62. The number of fused-ring (bicyclic) bond motifs is 5. The summed E-state index contributed by atoms with van der Waals surface area (Å²) in [5.74, 6) is -0.171. The van der Waals surface area contributed by atoms with Gasteiger partial charge in [-0.2, -0.15) is 0 Å². The summed E-state index contributed by atoms with van der Waals surface area (Å²) in [7, 11) is 0. The summed E-state index contributed by atoms with van der Waals surface area (Å²) in [6, 6.07) is 0. The minimum atomic E-state index is -0.981. The molecule has 0 radical (unpaired) electrons. The Bertz CT molecular complexity index is 498. The molecule has 2 bridgehead atoms. The van der Waals surface area contributed by atoms with Crippen molar-refractivity contribution >= 4 is 11.9 Å². The van der Waals surface area contributed by atoms with Gasteiger partial charge < -0.3 is 20.4 Å². The molecule has 0 aromatic carbocycles. The van der Waals surface area contributed by atoms with Crippen LogP contribution < -0.4 is 0 Å². The van der Waals surface area contributed by atoms with Crippen LogP contribution in [0.15, 0.2) is 25.3 Å². The minimum absolute atomic E-state index is 0.340. The van der Waals surface area contributed by atoms with E-state index in [-0.39, 0.29) is 0 Å². The van der Waals surface area contributed by atoms with E-state index in [2.05, 4.69) is 13.2 Å². The van der Waals surface area contributed by atoms with Crippen LogP contribution in [0.1, 0.15) is 51.4 Å². The molecule has 4 N–H and O–H groups in total. The lowest BCUT2D eigenvalue weighted by Crippen LogP contribution is -2.42. The molecule has 3 aliphatic rings. The fraction of sp³-hybridized carbons (Fsp3) is 0.700. The largest absolute Gasteiger partial charge is 0.478 e. The van der Waals surface area contributed by atoms with E-state index in [1.54, 1.807) is 0 Å². The lowest BCUT2D eigenvalue weighted by atomic mass is 9.57. The Hall–Kier alpha value is -1.66.